The molecule has 1 N–H and O–H groups in total. The van der Waals surface area contributed by atoms with Gasteiger partial charge in [-0.2, -0.15) is 0 Å². The minimum absolute atomic E-state index is 0.0914. The zero-order chi connectivity index (χ0) is 14.0. The van der Waals surface area contributed by atoms with E-state index < -0.39 is 0 Å². The van der Waals surface area contributed by atoms with Crippen molar-refractivity contribution in [3.05, 3.63) is 44.6 Å². The van der Waals surface area contributed by atoms with Crippen molar-refractivity contribution >= 4 is 23.1 Å². The molecule has 5 atom stereocenters. The SMILES string of the molecule is O=c1[nH]c2c(s1)[C@H](c1cccnc1)[C@@H]1[C@H]3CC[C@@H](C3)[C@@H]1S2. The summed E-state index contributed by atoms with van der Waals surface area (Å²) in [5.41, 5.74) is 1.29. The number of fused-ring (bicyclic) bond motifs is 6. The lowest BCUT2D eigenvalue weighted by atomic mass is 9.75. The molecule has 0 radical (unpaired) electrons. The number of nitrogens with zero attached hydrogens (tertiary/aromatic N) is 1. The van der Waals surface area contributed by atoms with Crippen molar-refractivity contribution in [2.75, 3.05) is 0 Å². The molecule has 5 rings (SSSR count). The number of nitrogens with one attached hydrogen (secondary N) is 1. The molecule has 2 aromatic rings. The summed E-state index contributed by atoms with van der Waals surface area (Å²) in [6.45, 7) is 0. The summed E-state index contributed by atoms with van der Waals surface area (Å²) in [6.07, 6.45) is 7.97. The van der Waals surface area contributed by atoms with E-state index in [4.69, 9.17) is 0 Å². The molecule has 3 heterocycles. The van der Waals surface area contributed by atoms with Crippen LogP contribution in [0.2, 0.25) is 0 Å². The predicted molar refractivity (Wildman–Crippen MR) is 85.0 cm³/mol. The van der Waals surface area contributed by atoms with E-state index in [1.807, 2.05) is 30.2 Å². The molecule has 21 heavy (non-hydrogen) atoms. The summed E-state index contributed by atoms with van der Waals surface area (Å²) in [5, 5.41) is 1.82. The summed E-state index contributed by atoms with van der Waals surface area (Å²) in [6, 6.07) is 4.21. The Morgan fingerprint density at radius 3 is 3.05 bits per heavy atom. The normalized spacial score (nSPS) is 36.5. The molecule has 2 bridgehead atoms. The number of thioether (sulfide) groups is 1. The van der Waals surface area contributed by atoms with Gasteiger partial charge >= 0.3 is 4.87 Å². The van der Waals surface area contributed by atoms with Crippen molar-refractivity contribution in [2.45, 2.75) is 35.5 Å². The zero-order valence-electron chi connectivity index (χ0n) is 11.5. The molecule has 3 aliphatic rings. The molecule has 2 fully saturated rings. The van der Waals surface area contributed by atoms with Crippen molar-refractivity contribution in [3.8, 4) is 0 Å². The lowest BCUT2D eigenvalue weighted by molar-refractivity contribution is 0.307. The second kappa shape index (κ2) is 4.46. The van der Waals surface area contributed by atoms with Crippen LogP contribution < -0.4 is 4.87 Å². The Morgan fingerprint density at radius 1 is 1.29 bits per heavy atom. The first-order chi connectivity index (χ1) is 10.3. The van der Waals surface area contributed by atoms with Crippen LogP contribution in [-0.4, -0.2) is 15.2 Å². The third-order valence-corrected chi connectivity index (χ3v) is 8.13. The van der Waals surface area contributed by atoms with Gasteiger partial charge in [-0.1, -0.05) is 17.4 Å². The Bertz CT molecular complexity index is 738. The molecule has 2 aliphatic carbocycles. The molecule has 0 unspecified atom stereocenters. The molecule has 0 spiro atoms. The molecule has 1 aliphatic heterocycles. The maximum Gasteiger partial charge on any atom is 0.305 e. The van der Waals surface area contributed by atoms with E-state index >= 15 is 0 Å². The zero-order valence-corrected chi connectivity index (χ0v) is 13.1. The van der Waals surface area contributed by atoms with Gasteiger partial charge in [0.1, 0.15) is 0 Å². The molecule has 3 nitrogen and oxygen atoms in total. The first-order valence-corrected chi connectivity index (χ1v) is 9.30. The molecule has 5 heteroatoms. The van der Waals surface area contributed by atoms with Gasteiger partial charge in [-0.05, 0) is 48.6 Å². The highest BCUT2D eigenvalue weighted by molar-refractivity contribution is 8.00. The lowest BCUT2D eigenvalue weighted by Gasteiger charge is -2.40. The number of aromatic nitrogens is 2. The summed E-state index contributed by atoms with van der Waals surface area (Å²) in [5.74, 6) is 2.75. The summed E-state index contributed by atoms with van der Waals surface area (Å²) in [4.78, 5) is 20.6. The fourth-order valence-electron chi connectivity index (χ4n) is 4.78. The lowest BCUT2D eigenvalue weighted by Crippen LogP contribution is -2.33. The predicted octanol–water partition coefficient (Wildman–Crippen LogP) is 3.48. The van der Waals surface area contributed by atoms with Gasteiger partial charge in [-0.15, -0.1) is 11.8 Å². The van der Waals surface area contributed by atoms with E-state index in [9.17, 15) is 4.79 Å². The monoisotopic (exact) mass is 316 g/mol. The summed E-state index contributed by atoms with van der Waals surface area (Å²) in [7, 11) is 0. The highest BCUT2D eigenvalue weighted by Crippen LogP contribution is 2.63. The molecule has 2 aromatic heterocycles. The second-order valence-corrected chi connectivity index (χ2v) is 8.67. The van der Waals surface area contributed by atoms with Gasteiger partial charge in [-0.3, -0.25) is 9.78 Å². The van der Waals surface area contributed by atoms with Gasteiger partial charge in [0.15, 0.2) is 0 Å². The Balaban J connectivity index is 1.70. The Kier molecular flexibility index (Phi) is 2.65. The van der Waals surface area contributed by atoms with Gasteiger partial charge in [0, 0.05) is 28.4 Å². The maximum atomic E-state index is 11.9. The number of pyridine rings is 1. The van der Waals surface area contributed by atoms with Crippen LogP contribution in [-0.2, 0) is 0 Å². The van der Waals surface area contributed by atoms with E-state index in [1.54, 1.807) is 0 Å². The van der Waals surface area contributed by atoms with Crippen LogP contribution in [0.25, 0.3) is 0 Å². The Morgan fingerprint density at radius 2 is 2.19 bits per heavy atom. The van der Waals surface area contributed by atoms with E-state index in [0.29, 0.717) is 17.1 Å². The fourth-order valence-corrected chi connectivity index (χ4v) is 7.68. The average molecular weight is 316 g/mol. The van der Waals surface area contributed by atoms with Gasteiger partial charge in [0.2, 0.25) is 0 Å². The maximum absolute atomic E-state index is 11.9. The first-order valence-electron chi connectivity index (χ1n) is 7.61. The van der Waals surface area contributed by atoms with Crippen LogP contribution in [0.1, 0.15) is 35.6 Å². The van der Waals surface area contributed by atoms with E-state index in [2.05, 4.69) is 16.0 Å². The number of thiazole rings is 1. The third kappa shape index (κ3) is 1.73. The van der Waals surface area contributed by atoms with Crippen LogP contribution in [0.15, 0.2) is 34.3 Å². The minimum atomic E-state index is 0.0914. The molecule has 0 saturated heterocycles. The van der Waals surface area contributed by atoms with E-state index in [1.165, 1.54) is 41.0 Å². The quantitative estimate of drug-likeness (QED) is 0.876. The molecule has 0 amide bonds. The summed E-state index contributed by atoms with van der Waals surface area (Å²) < 4.78 is 0. The number of hydrogen-bond donors (Lipinski definition) is 1. The molecular formula is C16H16N2OS2. The summed E-state index contributed by atoms with van der Waals surface area (Å²) >= 11 is 3.35. The van der Waals surface area contributed by atoms with E-state index in [-0.39, 0.29) is 4.87 Å². The largest absolute Gasteiger partial charge is 0.307 e. The van der Waals surface area contributed by atoms with Gasteiger partial charge < -0.3 is 4.98 Å². The molecular weight excluding hydrogens is 300 g/mol. The number of hydrogen-bond acceptors (Lipinski definition) is 4. The van der Waals surface area contributed by atoms with Crippen LogP contribution in [0.5, 0.6) is 0 Å². The standard InChI is InChI=1S/C16H16N2OS2/c19-16-18-15-14(21-16)12(10-2-1-5-17-7-10)11-8-3-4-9(6-8)13(11)20-15/h1-2,5,7-9,11-13H,3-4,6H2,(H,18,19)/t8-,9-,11-,12+,13-/m0/s1. The number of H-pyrrole nitrogens is 1. The van der Waals surface area contributed by atoms with Gasteiger partial charge in [-0.25, -0.2) is 0 Å². The van der Waals surface area contributed by atoms with Crippen LogP contribution in [0, 0.1) is 17.8 Å². The van der Waals surface area contributed by atoms with Crippen molar-refractivity contribution in [1.82, 2.24) is 9.97 Å². The van der Waals surface area contributed by atoms with Crippen LogP contribution >= 0.6 is 23.1 Å². The number of rotatable bonds is 1. The third-order valence-electron chi connectivity index (χ3n) is 5.51. The van der Waals surface area contributed by atoms with Crippen molar-refractivity contribution in [3.63, 3.8) is 0 Å². The van der Waals surface area contributed by atoms with Crippen molar-refractivity contribution in [2.24, 2.45) is 17.8 Å². The average Bonchev–Trinajstić information content (AvgIpc) is 3.18. The van der Waals surface area contributed by atoms with Crippen LogP contribution in [0.3, 0.4) is 0 Å². The highest BCUT2D eigenvalue weighted by Gasteiger charge is 2.54. The molecule has 2 saturated carbocycles. The molecule has 0 aromatic carbocycles. The topological polar surface area (TPSA) is 45.8 Å². The van der Waals surface area contributed by atoms with E-state index in [0.717, 1.165) is 16.9 Å². The van der Waals surface area contributed by atoms with Crippen molar-refractivity contribution < 1.29 is 0 Å². The van der Waals surface area contributed by atoms with Crippen LogP contribution in [0.4, 0.5) is 0 Å². The number of aromatic amines is 1. The minimum Gasteiger partial charge on any atom is -0.307 e. The van der Waals surface area contributed by atoms with Crippen molar-refractivity contribution in [1.29, 1.82) is 0 Å². The first kappa shape index (κ1) is 12.5. The Hall–Kier alpha value is -1.07. The Labute approximate surface area is 131 Å². The highest BCUT2D eigenvalue weighted by atomic mass is 32.2. The van der Waals surface area contributed by atoms with Gasteiger partial charge in [0.05, 0.1) is 5.03 Å². The van der Waals surface area contributed by atoms with Gasteiger partial charge in [0.25, 0.3) is 0 Å². The smallest absolute Gasteiger partial charge is 0.305 e. The second-order valence-electron chi connectivity index (χ2n) is 6.46. The molecule has 108 valence electrons. The fraction of sp³-hybridized carbons (Fsp3) is 0.500.